The molecule has 6 rings (SSSR count). The van der Waals surface area contributed by atoms with E-state index in [1.807, 2.05) is 41.8 Å². The van der Waals surface area contributed by atoms with Gasteiger partial charge in [0.05, 0.1) is 31.0 Å². The van der Waals surface area contributed by atoms with Crippen LogP contribution in [0.2, 0.25) is 0 Å². The number of benzene rings is 2. The zero-order valence-corrected chi connectivity index (χ0v) is 22.5. The van der Waals surface area contributed by atoms with E-state index in [1.165, 1.54) is 0 Å². The zero-order valence-electron chi connectivity index (χ0n) is 22.5. The highest BCUT2D eigenvalue weighted by Crippen LogP contribution is 2.30. The van der Waals surface area contributed by atoms with Crippen LogP contribution in [0.1, 0.15) is 54.9 Å². The Morgan fingerprint density at radius 3 is 2.54 bits per heavy atom. The van der Waals surface area contributed by atoms with Crippen molar-refractivity contribution in [3.63, 3.8) is 0 Å². The van der Waals surface area contributed by atoms with Crippen LogP contribution < -0.4 is 11.0 Å². The number of nitrogens with zero attached hydrogens (tertiary/aromatic N) is 5. The van der Waals surface area contributed by atoms with Gasteiger partial charge in [-0.05, 0) is 36.1 Å². The molecule has 0 radical (unpaired) electrons. The Hall–Kier alpha value is -4.11. The molecular weight excluding hydrogens is 492 g/mol. The van der Waals surface area contributed by atoms with Gasteiger partial charge in [0.2, 0.25) is 11.7 Å². The molecule has 0 spiro atoms. The Morgan fingerprint density at radius 1 is 1.08 bits per heavy atom. The Balaban J connectivity index is 1.49. The third kappa shape index (κ3) is 4.67. The lowest BCUT2D eigenvalue weighted by Gasteiger charge is -2.38. The number of rotatable bonds is 8. The highest BCUT2D eigenvalue weighted by molar-refractivity contribution is 6.16. The van der Waals surface area contributed by atoms with Crippen LogP contribution in [0.25, 0.3) is 16.9 Å². The molecule has 200 valence electrons. The standard InChI is InChI=1S/C30H32N6O3/c1-4-8-26-24(28(38)35(16-30(3)17-39-18-30)29-31-19(2)34-36(26)29)14-20-11-12-22(21-9-6-5-7-10-21)23(13-20)25-15-27(37)33-32-25/h5-7,9-13H,4,8,14-18H2,1-3H3,(H,33,37). The third-order valence-corrected chi connectivity index (χ3v) is 7.48. The Bertz CT molecular complexity index is 1660. The molecule has 1 fully saturated rings. The number of fused-ring (bicyclic) bond motifs is 1. The van der Waals surface area contributed by atoms with Gasteiger partial charge in [-0.15, -0.1) is 0 Å². The monoisotopic (exact) mass is 524 g/mol. The molecule has 1 saturated heterocycles. The molecule has 2 aliphatic rings. The van der Waals surface area contributed by atoms with E-state index >= 15 is 0 Å². The van der Waals surface area contributed by atoms with Gasteiger partial charge in [-0.1, -0.05) is 62.7 Å². The van der Waals surface area contributed by atoms with Crippen molar-refractivity contribution >= 4 is 17.4 Å². The molecule has 39 heavy (non-hydrogen) atoms. The van der Waals surface area contributed by atoms with Gasteiger partial charge >= 0.3 is 0 Å². The maximum Gasteiger partial charge on any atom is 0.258 e. The highest BCUT2D eigenvalue weighted by atomic mass is 16.5. The Kier molecular flexibility index (Phi) is 6.38. The van der Waals surface area contributed by atoms with Crippen molar-refractivity contribution in [1.82, 2.24) is 24.6 Å². The summed E-state index contributed by atoms with van der Waals surface area (Å²) in [5.41, 5.74) is 8.67. The molecule has 4 aromatic rings. The van der Waals surface area contributed by atoms with E-state index in [0.717, 1.165) is 39.9 Å². The van der Waals surface area contributed by atoms with Crippen LogP contribution in [0.4, 0.5) is 0 Å². The smallest absolute Gasteiger partial charge is 0.258 e. The van der Waals surface area contributed by atoms with Gasteiger partial charge in [0.25, 0.3) is 5.56 Å². The second kappa shape index (κ2) is 9.89. The van der Waals surface area contributed by atoms with Crippen LogP contribution >= 0.6 is 0 Å². The maximum atomic E-state index is 14.1. The summed E-state index contributed by atoms with van der Waals surface area (Å²) in [6, 6.07) is 16.3. The molecule has 9 nitrogen and oxygen atoms in total. The number of hydrogen-bond donors (Lipinski definition) is 1. The number of hydrazone groups is 1. The van der Waals surface area contributed by atoms with E-state index in [9.17, 15) is 9.59 Å². The van der Waals surface area contributed by atoms with E-state index in [4.69, 9.17) is 9.84 Å². The summed E-state index contributed by atoms with van der Waals surface area (Å²) in [5.74, 6) is 1.10. The predicted molar refractivity (Wildman–Crippen MR) is 149 cm³/mol. The normalized spacial score (nSPS) is 16.3. The molecule has 0 atom stereocenters. The molecule has 9 heteroatoms. The highest BCUT2D eigenvalue weighted by Gasteiger charge is 2.35. The van der Waals surface area contributed by atoms with Crippen molar-refractivity contribution < 1.29 is 9.53 Å². The van der Waals surface area contributed by atoms with Crippen molar-refractivity contribution in [3.8, 4) is 11.1 Å². The second-order valence-corrected chi connectivity index (χ2v) is 10.9. The van der Waals surface area contributed by atoms with Crippen molar-refractivity contribution in [2.75, 3.05) is 13.2 Å². The minimum Gasteiger partial charge on any atom is -0.380 e. The molecule has 0 unspecified atom stereocenters. The first-order valence-electron chi connectivity index (χ1n) is 13.4. The largest absolute Gasteiger partial charge is 0.380 e. The molecule has 0 bridgehead atoms. The predicted octanol–water partition coefficient (Wildman–Crippen LogP) is 3.67. The summed E-state index contributed by atoms with van der Waals surface area (Å²) in [6.45, 7) is 7.85. The number of hydrogen-bond acceptors (Lipinski definition) is 6. The average molecular weight is 525 g/mol. The molecule has 2 aromatic carbocycles. The van der Waals surface area contributed by atoms with E-state index in [1.54, 1.807) is 4.57 Å². The minimum absolute atomic E-state index is 0.0322. The molecule has 1 N–H and O–H groups in total. The number of carbonyl (C=O) groups excluding carboxylic acids is 1. The number of nitrogens with one attached hydrogen (secondary N) is 1. The quantitative estimate of drug-likeness (QED) is 0.379. The van der Waals surface area contributed by atoms with Gasteiger partial charge in [0.15, 0.2) is 0 Å². The molecule has 2 aromatic heterocycles. The van der Waals surface area contributed by atoms with Crippen molar-refractivity contribution in [3.05, 3.63) is 87.1 Å². The average Bonchev–Trinajstić information content (AvgIpc) is 3.53. The summed E-state index contributed by atoms with van der Waals surface area (Å²) >= 11 is 0. The number of ether oxygens (including phenoxy) is 1. The topological polar surface area (TPSA) is 103 Å². The van der Waals surface area contributed by atoms with Gasteiger partial charge in [-0.3, -0.25) is 14.2 Å². The Labute approximate surface area is 226 Å². The van der Waals surface area contributed by atoms with Crippen LogP contribution in [-0.2, 0) is 28.9 Å². The maximum absolute atomic E-state index is 14.1. The van der Waals surface area contributed by atoms with Crippen LogP contribution in [-0.4, -0.2) is 44.0 Å². The van der Waals surface area contributed by atoms with Gasteiger partial charge in [0, 0.05) is 29.5 Å². The van der Waals surface area contributed by atoms with Crippen LogP contribution in [0, 0.1) is 12.3 Å². The molecule has 2 aliphatic heterocycles. The number of aromatic nitrogens is 4. The Morgan fingerprint density at radius 2 is 1.87 bits per heavy atom. The van der Waals surface area contributed by atoms with Gasteiger partial charge in [-0.2, -0.15) is 15.2 Å². The van der Waals surface area contributed by atoms with Crippen molar-refractivity contribution in [1.29, 1.82) is 0 Å². The summed E-state index contributed by atoms with van der Waals surface area (Å²) < 4.78 is 9.11. The number of aryl methyl sites for hydroxylation is 2. The summed E-state index contributed by atoms with van der Waals surface area (Å²) in [7, 11) is 0. The summed E-state index contributed by atoms with van der Waals surface area (Å²) in [5, 5.41) is 9.02. The molecule has 0 aliphatic carbocycles. The van der Waals surface area contributed by atoms with E-state index < -0.39 is 0 Å². The number of carbonyl (C=O) groups is 1. The minimum atomic E-state index is -0.122. The lowest BCUT2D eigenvalue weighted by molar-refractivity contribution is -0.119. The van der Waals surface area contributed by atoms with Gasteiger partial charge in [0.1, 0.15) is 5.82 Å². The van der Waals surface area contributed by atoms with Crippen LogP contribution in [0.15, 0.2) is 58.4 Å². The molecule has 4 heterocycles. The fourth-order valence-corrected chi connectivity index (χ4v) is 5.53. The van der Waals surface area contributed by atoms with Gasteiger partial charge in [-0.25, -0.2) is 9.94 Å². The SMILES string of the molecule is CCCc1c(Cc2ccc(-c3ccccc3)c(C3=NNC(=O)C3)c2)c(=O)n(CC2(C)COC2)c2nc(C)nn12. The van der Waals surface area contributed by atoms with Crippen LogP contribution in [0.3, 0.4) is 0 Å². The molecular formula is C30H32N6O3. The van der Waals surface area contributed by atoms with E-state index in [2.05, 4.69) is 47.6 Å². The van der Waals surface area contributed by atoms with E-state index in [0.29, 0.717) is 49.9 Å². The third-order valence-electron chi connectivity index (χ3n) is 7.48. The van der Waals surface area contributed by atoms with Gasteiger partial charge < -0.3 is 4.74 Å². The zero-order chi connectivity index (χ0) is 27.1. The summed E-state index contributed by atoms with van der Waals surface area (Å²) in [6.07, 6.45) is 2.25. The lowest BCUT2D eigenvalue weighted by Crippen LogP contribution is -2.46. The molecule has 1 amide bonds. The first-order valence-corrected chi connectivity index (χ1v) is 13.4. The first-order chi connectivity index (χ1) is 18.8. The fraction of sp³-hybridized carbons (Fsp3) is 0.367. The summed E-state index contributed by atoms with van der Waals surface area (Å²) in [4.78, 5) is 30.8. The lowest BCUT2D eigenvalue weighted by atomic mass is 9.88. The number of amides is 1. The van der Waals surface area contributed by atoms with Crippen molar-refractivity contribution in [2.45, 2.75) is 53.0 Å². The van der Waals surface area contributed by atoms with Crippen molar-refractivity contribution in [2.24, 2.45) is 10.5 Å². The fourth-order valence-electron chi connectivity index (χ4n) is 5.53. The molecule has 0 saturated carbocycles. The second-order valence-electron chi connectivity index (χ2n) is 10.9. The van der Waals surface area contributed by atoms with Crippen LogP contribution in [0.5, 0.6) is 0 Å². The first kappa shape index (κ1) is 25.2. The van der Waals surface area contributed by atoms with E-state index in [-0.39, 0.29) is 23.3 Å².